The van der Waals surface area contributed by atoms with E-state index in [0.717, 1.165) is 18.4 Å². The number of hydrogen-bond acceptors (Lipinski definition) is 4. The number of ether oxygens (including phenoxy) is 1. The van der Waals surface area contributed by atoms with Gasteiger partial charge in [0.2, 0.25) is 0 Å². The predicted octanol–water partition coefficient (Wildman–Crippen LogP) is 6.47. The molecule has 1 aliphatic heterocycles. The van der Waals surface area contributed by atoms with E-state index >= 15 is 0 Å². The molecule has 0 bridgehead atoms. The predicted molar refractivity (Wildman–Crippen MR) is 135 cm³/mol. The van der Waals surface area contributed by atoms with E-state index in [2.05, 4.69) is 44.7 Å². The molecule has 0 fully saturated rings. The van der Waals surface area contributed by atoms with Gasteiger partial charge in [-0.25, -0.2) is 4.79 Å². The van der Waals surface area contributed by atoms with Crippen LogP contribution >= 0.6 is 0 Å². The van der Waals surface area contributed by atoms with Gasteiger partial charge in [-0.1, -0.05) is 87.2 Å². The van der Waals surface area contributed by atoms with Crippen molar-refractivity contribution in [3.63, 3.8) is 0 Å². The molecule has 4 heteroatoms. The Labute approximate surface area is 197 Å². The molecular weight excluding hydrogens is 412 g/mol. The molecule has 2 aromatic carbocycles. The molecular formula is C29H32O4. The minimum Gasteiger partial charge on any atom is -0.423 e. The Kier molecular flexibility index (Phi) is 12.5. The average Bonchev–Trinajstić information content (AvgIpc) is 3.10. The lowest BCUT2D eigenvalue weighted by atomic mass is 10.0. The van der Waals surface area contributed by atoms with Crippen LogP contribution in [0, 0.1) is 0 Å². The lowest BCUT2D eigenvalue weighted by Crippen LogP contribution is -1.91. The summed E-state index contributed by atoms with van der Waals surface area (Å²) in [5, 5.41) is 0. The van der Waals surface area contributed by atoms with Crippen molar-refractivity contribution < 1.29 is 19.1 Å². The van der Waals surface area contributed by atoms with E-state index in [1.807, 2.05) is 12.1 Å². The molecule has 0 saturated heterocycles. The second kappa shape index (κ2) is 15.1. The van der Waals surface area contributed by atoms with Crippen LogP contribution in [0.3, 0.4) is 0 Å². The first-order valence-corrected chi connectivity index (χ1v) is 10.9. The number of hydrogen-bond donors (Lipinski definition) is 0. The van der Waals surface area contributed by atoms with Gasteiger partial charge in [-0.2, -0.15) is 0 Å². The van der Waals surface area contributed by atoms with Crippen molar-refractivity contribution in [2.45, 2.75) is 40.5 Å². The molecule has 0 aromatic heterocycles. The van der Waals surface area contributed by atoms with Crippen LogP contribution in [0.5, 0.6) is 0 Å². The summed E-state index contributed by atoms with van der Waals surface area (Å²) in [4.78, 5) is 31.8. The van der Waals surface area contributed by atoms with Crippen LogP contribution in [0.25, 0.3) is 5.76 Å². The topological polar surface area (TPSA) is 60.4 Å². The maximum absolute atomic E-state index is 11.0. The van der Waals surface area contributed by atoms with Crippen molar-refractivity contribution >= 4 is 23.3 Å². The van der Waals surface area contributed by atoms with Crippen LogP contribution in [0.4, 0.5) is 0 Å². The molecule has 1 aliphatic rings. The molecule has 172 valence electrons. The molecule has 3 rings (SSSR count). The number of ketones is 2. The fraction of sp³-hybridized carbons (Fsp3) is 0.207. The zero-order valence-electron chi connectivity index (χ0n) is 19.8. The summed E-state index contributed by atoms with van der Waals surface area (Å²) in [7, 11) is 0. The number of fused-ring (bicyclic) bond motifs is 1. The third-order valence-electron chi connectivity index (χ3n) is 4.54. The Balaban J connectivity index is 0.000000248. The monoisotopic (exact) mass is 444 g/mol. The highest BCUT2D eigenvalue weighted by molar-refractivity contribution is 6.02. The summed E-state index contributed by atoms with van der Waals surface area (Å²) in [6.45, 7) is 11.0. The zero-order chi connectivity index (χ0) is 24.6. The highest BCUT2D eigenvalue weighted by Crippen LogP contribution is 2.27. The van der Waals surface area contributed by atoms with Gasteiger partial charge in [-0.05, 0) is 56.0 Å². The lowest BCUT2D eigenvalue weighted by Gasteiger charge is -2.02. The molecule has 0 aliphatic carbocycles. The fourth-order valence-corrected chi connectivity index (χ4v) is 2.88. The smallest absolute Gasteiger partial charge is 0.344 e. The van der Waals surface area contributed by atoms with E-state index in [1.165, 1.54) is 37.1 Å². The molecule has 0 saturated carbocycles. The summed E-state index contributed by atoms with van der Waals surface area (Å²) in [5.41, 5.74) is 4.39. The molecule has 0 radical (unpaired) electrons. The maximum atomic E-state index is 11.0. The number of carbonyl (C=O) groups excluding carboxylic acids is 3. The zero-order valence-corrected chi connectivity index (χ0v) is 19.8. The third-order valence-corrected chi connectivity index (χ3v) is 4.54. The third kappa shape index (κ3) is 10.4. The number of rotatable bonds is 6. The minimum absolute atomic E-state index is 0.00944. The van der Waals surface area contributed by atoms with Crippen molar-refractivity contribution in [2.24, 2.45) is 0 Å². The maximum Gasteiger partial charge on any atom is 0.344 e. The number of esters is 1. The van der Waals surface area contributed by atoms with Crippen molar-refractivity contribution in [1.82, 2.24) is 0 Å². The van der Waals surface area contributed by atoms with Gasteiger partial charge in [0.1, 0.15) is 5.76 Å². The standard InChI is InChI=1S/C10H12O2.C10H14.C9H6O2/c1-9(11)7-5-3-4-6-8-10(2)12;1-3-9-7-5-6-8-10(9)4-2;1-6-7-4-2-3-5-8(7)9(10)11-6/h3-8H,1-2H3;5-8H,3-4H2,1-2H3;2-5H,1H2/b4-3-,7-5+,8-6+;;. The fourth-order valence-electron chi connectivity index (χ4n) is 2.88. The normalized spacial score (nSPS) is 12.1. The van der Waals surface area contributed by atoms with Crippen LogP contribution in [0.2, 0.25) is 0 Å². The Morgan fingerprint density at radius 2 is 1.18 bits per heavy atom. The van der Waals surface area contributed by atoms with Crippen molar-refractivity contribution in [1.29, 1.82) is 0 Å². The van der Waals surface area contributed by atoms with Gasteiger partial charge in [-0.3, -0.25) is 9.59 Å². The van der Waals surface area contributed by atoms with Gasteiger partial charge in [0.25, 0.3) is 0 Å². The molecule has 0 N–H and O–H groups in total. The highest BCUT2D eigenvalue weighted by Gasteiger charge is 2.23. The largest absolute Gasteiger partial charge is 0.423 e. The number of cyclic esters (lactones) is 1. The van der Waals surface area contributed by atoms with E-state index < -0.39 is 0 Å². The van der Waals surface area contributed by atoms with Crippen molar-refractivity contribution in [3.8, 4) is 0 Å². The molecule has 4 nitrogen and oxygen atoms in total. The number of benzene rings is 2. The summed E-state index contributed by atoms with van der Waals surface area (Å²) in [5.74, 6) is 0.168. The van der Waals surface area contributed by atoms with Crippen LogP contribution in [0.1, 0.15) is 54.7 Å². The second-order valence-corrected chi connectivity index (χ2v) is 7.16. The first-order chi connectivity index (χ1) is 15.8. The molecule has 33 heavy (non-hydrogen) atoms. The van der Waals surface area contributed by atoms with Crippen LogP contribution in [0.15, 0.2) is 91.6 Å². The van der Waals surface area contributed by atoms with E-state index in [1.54, 1.807) is 36.4 Å². The molecule has 1 heterocycles. The molecule has 0 amide bonds. The number of aryl methyl sites for hydroxylation is 2. The minimum atomic E-state index is -0.300. The molecule has 2 aromatic rings. The van der Waals surface area contributed by atoms with Crippen LogP contribution < -0.4 is 0 Å². The average molecular weight is 445 g/mol. The van der Waals surface area contributed by atoms with Gasteiger partial charge in [-0.15, -0.1) is 0 Å². The Morgan fingerprint density at radius 3 is 1.58 bits per heavy atom. The second-order valence-electron chi connectivity index (χ2n) is 7.16. The van der Waals surface area contributed by atoms with Gasteiger partial charge in [0, 0.05) is 5.56 Å². The lowest BCUT2D eigenvalue weighted by molar-refractivity contribution is -0.113. The first-order valence-electron chi connectivity index (χ1n) is 10.9. The van der Waals surface area contributed by atoms with E-state index in [4.69, 9.17) is 4.74 Å². The summed E-state index contributed by atoms with van der Waals surface area (Å²) in [6.07, 6.45) is 11.9. The SMILES string of the molecule is C=C1OC(=O)c2ccccc21.CC(=O)/C=C/C=C\C=C\C(C)=O.CCc1ccccc1CC. The Bertz CT molecular complexity index is 973. The van der Waals surface area contributed by atoms with E-state index in [0.29, 0.717) is 11.3 Å². The van der Waals surface area contributed by atoms with E-state index in [9.17, 15) is 14.4 Å². The van der Waals surface area contributed by atoms with Gasteiger partial charge in [0.05, 0.1) is 5.56 Å². The number of allylic oxidation sites excluding steroid dienone is 6. The Hall–Kier alpha value is -3.79. The summed E-state index contributed by atoms with van der Waals surface area (Å²) >= 11 is 0. The molecule has 0 unspecified atom stereocenters. The van der Waals surface area contributed by atoms with Crippen LogP contribution in [-0.4, -0.2) is 17.5 Å². The van der Waals surface area contributed by atoms with Crippen molar-refractivity contribution in [3.05, 3.63) is 114 Å². The quantitative estimate of drug-likeness (QED) is 0.291. The summed E-state index contributed by atoms with van der Waals surface area (Å²) in [6, 6.07) is 15.8. The molecule has 0 atom stereocenters. The summed E-state index contributed by atoms with van der Waals surface area (Å²) < 4.78 is 4.80. The molecule has 0 spiro atoms. The first kappa shape index (κ1) is 27.2. The van der Waals surface area contributed by atoms with Gasteiger partial charge < -0.3 is 4.74 Å². The van der Waals surface area contributed by atoms with Gasteiger partial charge >= 0.3 is 5.97 Å². The number of carbonyl (C=O) groups is 3. The Morgan fingerprint density at radius 1 is 0.758 bits per heavy atom. The van der Waals surface area contributed by atoms with Crippen molar-refractivity contribution in [2.75, 3.05) is 0 Å². The highest BCUT2D eigenvalue weighted by atomic mass is 16.5. The van der Waals surface area contributed by atoms with Crippen LogP contribution in [-0.2, 0) is 27.2 Å². The van der Waals surface area contributed by atoms with Gasteiger partial charge in [0.15, 0.2) is 11.6 Å². The van der Waals surface area contributed by atoms with E-state index in [-0.39, 0.29) is 17.5 Å².